The van der Waals surface area contributed by atoms with E-state index in [4.69, 9.17) is 5.73 Å². The van der Waals surface area contributed by atoms with E-state index in [1.807, 2.05) is 0 Å². The third-order valence-corrected chi connectivity index (χ3v) is 2.70. The molecule has 3 N–H and O–H groups in total. The fourth-order valence-electron chi connectivity index (χ4n) is 1.64. The SMILES string of the molecule is CC(NC(=O)CCCN)c1cccc(C(F)(F)F)c1.Cl. The van der Waals surface area contributed by atoms with Gasteiger partial charge < -0.3 is 11.1 Å². The van der Waals surface area contributed by atoms with Gasteiger partial charge in [-0.15, -0.1) is 12.4 Å². The Hall–Kier alpha value is -1.27. The Balaban J connectivity index is 0.00000361. The van der Waals surface area contributed by atoms with Crippen molar-refractivity contribution in [2.45, 2.75) is 32.0 Å². The van der Waals surface area contributed by atoms with Crippen LogP contribution in [0.25, 0.3) is 0 Å². The number of nitrogens with one attached hydrogen (secondary N) is 1. The molecule has 0 saturated heterocycles. The maximum Gasteiger partial charge on any atom is 0.416 e. The van der Waals surface area contributed by atoms with Crippen LogP contribution in [0.2, 0.25) is 0 Å². The Kier molecular flexibility index (Phi) is 7.60. The molecule has 0 aliphatic rings. The van der Waals surface area contributed by atoms with E-state index in [0.717, 1.165) is 12.1 Å². The molecule has 20 heavy (non-hydrogen) atoms. The molecule has 0 bridgehead atoms. The average molecular weight is 311 g/mol. The van der Waals surface area contributed by atoms with Crippen LogP contribution in [0.15, 0.2) is 24.3 Å². The minimum atomic E-state index is -4.38. The lowest BCUT2D eigenvalue weighted by Crippen LogP contribution is -2.27. The topological polar surface area (TPSA) is 55.1 Å². The molecule has 0 aliphatic carbocycles. The number of carbonyl (C=O) groups is 1. The molecular formula is C13H18ClF3N2O. The predicted molar refractivity (Wildman–Crippen MR) is 73.5 cm³/mol. The number of halogens is 4. The van der Waals surface area contributed by atoms with Crippen LogP contribution in [0, 0.1) is 0 Å². The second kappa shape index (κ2) is 8.11. The van der Waals surface area contributed by atoms with Gasteiger partial charge in [-0.05, 0) is 37.6 Å². The minimum Gasteiger partial charge on any atom is -0.350 e. The van der Waals surface area contributed by atoms with Crippen molar-refractivity contribution in [3.05, 3.63) is 35.4 Å². The Morgan fingerprint density at radius 2 is 2.05 bits per heavy atom. The van der Waals surface area contributed by atoms with Crippen molar-refractivity contribution in [3.63, 3.8) is 0 Å². The number of rotatable bonds is 5. The van der Waals surface area contributed by atoms with Crippen LogP contribution in [-0.2, 0) is 11.0 Å². The fourth-order valence-corrected chi connectivity index (χ4v) is 1.64. The van der Waals surface area contributed by atoms with E-state index in [-0.39, 0.29) is 24.7 Å². The van der Waals surface area contributed by atoms with E-state index in [2.05, 4.69) is 5.32 Å². The quantitative estimate of drug-likeness (QED) is 0.878. The lowest BCUT2D eigenvalue weighted by atomic mass is 10.0. The fraction of sp³-hybridized carbons (Fsp3) is 0.462. The molecule has 1 rings (SSSR count). The number of hydrogen-bond acceptors (Lipinski definition) is 2. The zero-order chi connectivity index (χ0) is 14.5. The Morgan fingerprint density at radius 1 is 1.40 bits per heavy atom. The largest absolute Gasteiger partial charge is 0.416 e. The Bertz CT molecular complexity index is 438. The van der Waals surface area contributed by atoms with Gasteiger partial charge in [0.05, 0.1) is 11.6 Å². The maximum atomic E-state index is 12.6. The molecule has 0 spiro atoms. The minimum absolute atomic E-state index is 0. The molecule has 114 valence electrons. The second-order valence-corrected chi connectivity index (χ2v) is 4.30. The summed E-state index contributed by atoms with van der Waals surface area (Å²) in [6, 6.07) is 4.48. The third-order valence-electron chi connectivity index (χ3n) is 2.70. The summed E-state index contributed by atoms with van der Waals surface area (Å²) >= 11 is 0. The third kappa shape index (κ3) is 5.79. The molecule has 7 heteroatoms. The summed E-state index contributed by atoms with van der Waals surface area (Å²) in [5.41, 5.74) is 4.99. The normalized spacial score (nSPS) is 12.4. The summed E-state index contributed by atoms with van der Waals surface area (Å²) in [4.78, 5) is 11.5. The predicted octanol–water partition coefficient (Wildman–Crippen LogP) is 3.04. The zero-order valence-electron chi connectivity index (χ0n) is 11.0. The standard InChI is InChI=1S/C13H17F3N2O.ClH/c1-9(18-12(19)6-3-7-17)10-4-2-5-11(8-10)13(14,15)16;/h2,4-5,8-9H,3,6-7,17H2,1H3,(H,18,19);1H. The van der Waals surface area contributed by atoms with E-state index >= 15 is 0 Å². The molecule has 0 radical (unpaired) electrons. The Labute approximate surface area is 122 Å². The smallest absolute Gasteiger partial charge is 0.350 e. The molecule has 0 saturated carbocycles. The summed E-state index contributed by atoms with van der Waals surface area (Å²) < 4.78 is 37.7. The van der Waals surface area contributed by atoms with Crippen molar-refractivity contribution < 1.29 is 18.0 Å². The second-order valence-electron chi connectivity index (χ2n) is 4.30. The molecule has 1 atom stereocenters. The molecule has 0 fully saturated rings. The first-order valence-electron chi connectivity index (χ1n) is 6.01. The van der Waals surface area contributed by atoms with Gasteiger partial charge >= 0.3 is 6.18 Å². The first-order valence-corrected chi connectivity index (χ1v) is 6.01. The summed E-state index contributed by atoms with van der Waals surface area (Å²) in [5.74, 6) is -0.213. The molecule has 0 aromatic heterocycles. The van der Waals surface area contributed by atoms with Gasteiger partial charge in [0.1, 0.15) is 0 Å². The molecule has 3 nitrogen and oxygen atoms in total. The first-order chi connectivity index (χ1) is 8.84. The van der Waals surface area contributed by atoms with E-state index < -0.39 is 17.8 Å². The molecular weight excluding hydrogens is 293 g/mol. The van der Waals surface area contributed by atoms with Crippen LogP contribution in [0.1, 0.15) is 36.9 Å². The first kappa shape index (κ1) is 18.7. The number of amides is 1. The number of benzene rings is 1. The molecule has 0 heterocycles. The maximum absolute atomic E-state index is 12.6. The van der Waals surface area contributed by atoms with Crippen LogP contribution in [-0.4, -0.2) is 12.5 Å². The van der Waals surface area contributed by atoms with Gasteiger partial charge in [-0.1, -0.05) is 12.1 Å². The number of hydrogen-bond donors (Lipinski definition) is 2. The molecule has 1 aromatic carbocycles. The summed E-state index contributed by atoms with van der Waals surface area (Å²) in [5, 5.41) is 2.65. The monoisotopic (exact) mass is 310 g/mol. The van der Waals surface area contributed by atoms with Crippen molar-refractivity contribution in [3.8, 4) is 0 Å². The van der Waals surface area contributed by atoms with Crippen LogP contribution in [0.4, 0.5) is 13.2 Å². The molecule has 0 aliphatic heterocycles. The van der Waals surface area contributed by atoms with E-state index in [9.17, 15) is 18.0 Å². The summed E-state index contributed by atoms with van der Waals surface area (Å²) in [6.45, 7) is 2.06. The molecule has 1 aromatic rings. The lowest BCUT2D eigenvalue weighted by Gasteiger charge is -2.16. The number of nitrogens with two attached hydrogens (primary N) is 1. The van der Waals surface area contributed by atoms with E-state index in [0.29, 0.717) is 18.5 Å². The summed E-state index contributed by atoms with van der Waals surface area (Å²) in [7, 11) is 0. The highest BCUT2D eigenvalue weighted by molar-refractivity contribution is 5.85. The zero-order valence-corrected chi connectivity index (χ0v) is 11.9. The van der Waals surface area contributed by atoms with E-state index in [1.54, 1.807) is 13.0 Å². The highest BCUT2D eigenvalue weighted by Gasteiger charge is 2.30. The highest BCUT2D eigenvalue weighted by atomic mass is 35.5. The Morgan fingerprint density at radius 3 is 2.60 bits per heavy atom. The van der Waals surface area contributed by atoms with Gasteiger partial charge in [0.15, 0.2) is 0 Å². The van der Waals surface area contributed by atoms with Crippen LogP contribution in [0.3, 0.4) is 0 Å². The van der Waals surface area contributed by atoms with Crippen LogP contribution >= 0.6 is 12.4 Å². The number of alkyl halides is 3. The summed E-state index contributed by atoms with van der Waals surface area (Å²) in [6.07, 6.45) is -3.54. The van der Waals surface area contributed by atoms with Crippen molar-refractivity contribution in [1.29, 1.82) is 0 Å². The van der Waals surface area contributed by atoms with Gasteiger partial charge in [0.25, 0.3) is 0 Å². The molecule has 1 amide bonds. The molecule has 1 unspecified atom stereocenters. The van der Waals surface area contributed by atoms with Crippen molar-refractivity contribution in [1.82, 2.24) is 5.32 Å². The van der Waals surface area contributed by atoms with Crippen LogP contribution in [0.5, 0.6) is 0 Å². The van der Waals surface area contributed by atoms with Gasteiger partial charge in [0, 0.05) is 6.42 Å². The van der Waals surface area contributed by atoms with Crippen molar-refractivity contribution in [2.24, 2.45) is 5.73 Å². The lowest BCUT2D eigenvalue weighted by molar-refractivity contribution is -0.137. The van der Waals surface area contributed by atoms with Crippen molar-refractivity contribution >= 4 is 18.3 Å². The van der Waals surface area contributed by atoms with Gasteiger partial charge in [-0.3, -0.25) is 4.79 Å². The highest BCUT2D eigenvalue weighted by Crippen LogP contribution is 2.30. The van der Waals surface area contributed by atoms with Crippen LogP contribution < -0.4 is 11.1 Å². The average Bonchev–Trinajstić information content (AvgIpc) is 2.35. The van der Waals surface area contributed by atoms with Gasteiger partial charge in [-0.25, -0.2) is 0 Å². The van der Waals surface area contributed by atoms with Gasteiger partial charge in [-0.2, -0.15) is 13.2 Å². The van der Waals surface area contributed by atoms with Gasteiger partial charge in [0.2, 0.25) is 5.91 Å². The van der Waals surface area contributed by atoms with E-state index in [1.165, 1.54) is 6.07 Å². The number of carbonyl (C=O) groups excluding carboxylic acids is 1. The van der Waals surface area contributed by atoms with Crippen molar-refractivity contribution in [2.75, 3.05) is 6.54 Å².